The van der Waals surface area contributed by atoms with Gasteiger partial charge in [0.2, 0.25) is 5.43 Å². The molecular formula is C27H28O7. The van der Waals surface area contributed by atoms with Crippen LogP contribution in [0.3, 0.4) is 0 Å². The highest BCUT2D eigenvalue weighted by Crippen LogP contribution is 2.32. The molecule has 2 aromatic carbocycles. The molecular weight excluding hydrogens is 436 g/mol. The summed E-state index contributed by atoms with van der Waals surface area (Å²) in [4.78, 5) is 36.2. The third-order valence-electron chi connectivity index (χ3n) is 4.97. The lowest BCUT2D eigenvalue weighted by Crippen LogP contribution is -2.09. The van der Waals surface area contributed by atoms with E-state index in [1.165, 1.54) is 43.2 Å². The van der Waals surface area contributed by atoms with E-state index >= 15 is 0 Å². The van der Waals surface area contributed by atoms with E-state index in [0.29, 0.717) is 17.9 Å². The van der Waals surface area contributed by atoms with Crippen LogP contribution in [0.4, 0.5) is 0 Å². The molecule has 0 saturated carbocycles. The smallest absolute Gasteiger partial charge is 0.308 e. The normalized spacial score (nSPS) is 11.4. The summed E-state index contributed by atoms with van der Waals surface area (Å²) >= 11 is 0. The molecule has 0 bridgehead atoms. The number of esters is 2. The van der Waals surface area contributed by atoms with Crippen LogP contribution >= 0.6 is 0 Å². The Morgan fingerprint density at radius 1 is 0.882 bits per heavy atom. The van der Waals surface area contributed by atoms with E-state index in [-0.39, 0.29) is 27.9 Å². The maximum atomic E-state index is 13.2. The first kappa shape index (κ1) is 24.8. The summed E-state index contributed by atoms with van der Waals surface area (Å²) in [7, 11) is 0. The first-order valence-corrected chi connectivity index (χ1v) is 11.0. The Morgan fingerprint density at radius 2 is 1.62 bits per heavy atom. The molecule has 0 aliphatic carbocycles. The predicted octanol–water partition coefficient (Wildman–Crippen LogP) is 5.87. The summed E-state index contributed by atoms with van der Waals surface area (Å²) in [6, 6.07) is 7.59. The molecule has 7 nitrogen and oxygen atoms in total. The fourth-order valence-electron chi connectivity index (χ4n) is 3.42. The molecule has 178 valence electrons. The van der Waals surface area contributed by atoms with Crippen LogP contribution in [0.25, 0.3) is 21.9 Å². The molecule has 7 heteroatoms. The van der Waals surface area contributed by atoms with Crippen LogP contribution in [0.2, 0.25) is 0 Å². The van der Waals surface area contributed by atoms with Gasteiger partial charge in [0.15, 0.2) is 0 Å². The van der Waals surface area contributed by atoms with Gasteiger partial charge < -0.3 is 18.6 Å². The van der Waals surface area contributed by atoms with Crippen molar-refractivity contribution in [2.75, 3.05) is 6.61 Å². The van der Waals surface area contributed by atoms with Crippen molar-refractivity contribution >= 4 is 33.9 Å². The molecule has 1 aromatic heterocycles. The quantitative estimate of drug-likeness (QED) is 0.178. The lowest BCUT2D eigenvalue weighted by molar-refractivity contribution is -0.132. The molecule has 1 heterocycles. The number of carbonyl (C=O) groups excluding carboxylic acids is 2. The molecule has 3 rings (SSSR count). The average Bonchev–Trinajstić information content (AvgIpc) is 2.73. The molecule has 0 aliphatic heterocycles. The SMILES string of the molecule is CC(=O)Oc1ccc2oc3cc(OC/C=C(\C)CCC=C(C)C)cc(OC(C)=O)c3c(=O)c2c1. The van der Waals surface area contributed by atoms with Crippen molar-refractivity contribution in [2.45, 2.75) is 47.5 Å². The number of hydrogen-bond donors (Lipinski definition) is 0. The Balaban J connectivity index is 1.97. The summed E-state index contributed by atoms with van der Waals surface area (Å²) < 4.78 is 22.1. The van der Waals surface area contributed by atoms with E-state index in [1.807, 2.05) is 13.0 Å². The number of allylic oxidation sites excluding steroid dienone is 3. The van der Waals surface area contributed by atoms with Crippen molar-refractivity contribution in [3.8, 4) is 17.2 Å². The van der Waals surface area contributed by atoms with Gasteiger partial charge in [0.25, 0.3) is 0 Å². The molecule has 0 saturated heterocycles. The van der Waals surface area contributed by atoms with E-state index in [4.69, 9.17) is 18.6 Å². The molecule has 0 aliphatic rings. The molecule has 0 spiro atoms. The largest absolute Gasteiger partial charge is 0.489 e. The number of rotatable bonds is 8. The van der Waals surface area contributed by atoms with Crippen LogP contribution in [-0.4, -0.2) is 18.5 Å². The highest BCUT2D eigenvalue weighted by atomic mass is 16.5. The van der Waals surface area contributed by atoms with Crippen molar-refractivity contribution in [2.24, 2.45) is 0 Å². The maximum absolute atomic E-state index is 13.2. The minimum absolute atomic E-state index is 0.0396. The Morgan fingerprint density at radius 3 is 2.29 bits per heavy atom. The number of carbonyl (C=O) groups is 2. The van der Waals surface area contributed by atoms with Gasteiger partial charge in [-0.25, -0.2) is 0 Å². The zero-order chi connectivity index (χ0) is 24.8. The van der Waals surface area contributed by atoms with Crippen molar-refractivity contribution in [1.82, 2.24) is 0 Å². The Hall–Kier alpha value is -3.87. The molecule has 0 amide bonds. The van der Waals surface area contributed by atoms with Crippen LogP contribution < -0.4 is 19.6 Å². The topological polar surface area (TPSA) is 92.0 Å². The van der Waals surface area contributed by atoms with Crippen LogP contribution in [0.1, 0.15) is 47.5 Å². The maximum Gasteiger partial charge on any atom is 0.308 e. The van der Waals surface area contributed by atoms with Gasteiger partial charge in [0, 0.05) is 26.0 Å². The van der Waals surface area contributed by atoms with Gasteiger partial charge in [-0.15, -0.1) is 0 Å². The van der Waals surface area contributed by atoms with Gasteiger partial charge >= 0.3 is 11.9 Å². The van der Waals surface area contributed by atoms with Crippen molar-refractivity contribution < 1.29 is 28.2 Å². The van der Waals surface area contributed by atoms with E-state index in [1.54, 1.807) is 12.1 Å². The van der Waals surface area contributed by atoms with E-state index < -0.39 is 17.4 Å². The van der Waals surface area contributed by atoms with Crippen LogP contribution in [0.5, 0.6) is 17.2 Å². The summed E-state index contributed by atoms with van der Waals surface area (Å²) in [6.07, 6.45) is 6.08. The van der Waals surface area contributed by atoms with Gasteiger partial charge in [-0.2, -0.15) is 0 Å². The van der Waals surface area contributed by atoms with Gasteiger partial charge in [-0.1, -0.05) is 17.2 Å². The summed E-state index contributed by atoms with van der Waals surface area (Å²) in [5.41, 5.74) is 2.59. The highest BCUT2D eigenvalue weighted by molar-refractivity contribution is 5.95. The number of benzene rings is 2. The molecule has 3 aromatic rings. The van der Waals surface area contributed by atoms with E-state index in [9.17, 15) is 14.4 Å². The third kappa shape index (κ3) is 6.34. The second-order valence-electron chi connectivity index (χ2n) is 8.25. The minimum atomic E-state index is -0.582. The predicted molar refractivity (Wildman–Crippen MR) is 131 cm³/mol. The number of hydrogen-bond acceptors (Lipinski definition) is 7. The first-order chi connectivity index (χ1) is 16.1. The van der Waals surface area contributed by atoms with Crippen LogP contribution in [0, 0.1) is 0 Å². The van der Waals surface area contributed by atoms with Crippen molar-refractivity contribution in [1.29, 1.82) is 0 Å². The molecule has 0 unspecified atom stereocenters. The van der Waals surface area contributed by atoms with Gasteiger partial charge in [-0.05, 0) is 57.9 Å². The van der Waals surface area contributed by atoms with E-state index in [2.05, 4.69) is 19.9 Å². The standard InChI is InChI=1S/C27H28O7/c1-16(2)7-6-8-17(3)11-12-31-21-14-24(33-19(5)29)26-25(15-21)34-23-10-9-20(32-18(4)28)13-22(23)27(26)30/h7,9-11,13-15H,6,8,12H2,1-5H3/b17-11+. The zero-order valence-corrected chi connectivity index (χ0v) is 20.0. The monoisotopic (exact) mass is 464 g/mol. The van der Waals surface area contributed by atoms with Gasteiger partial charge in [-0.3, -0.25) is 14.4 Å². The van der Waals surface area contributed by atoms with Crippen LogP contribution in [-0.2, 0) is 9.59 Å². The third-order valence-corrected chi connectivity index (χ3v) is 4.97. The molecule has 0 N–H and O–H groups in total. The Labute approximate surface area is 197 Å². The Kier molecular flexibility index (Phi) is 7.89. The minimum Gasteiger partial charge on any atom is -0.489 e. The van der Waals surface area contributed by atoms with Crippen molar-refractivity contribution in [3.05, 3.63) is 63.9 Å². The molecule has 0 radical (unpaired) electrons. The average molecular weight is 465 g/mol. The zero-order valence-electron chi connectivity index (χ0n) is 20.0. The molecule has 34 heavy (non-hydrogen) atoms. The fraction of sp³-hybridized carbons (Fsp3) is 0.296. The van der Waals surface area contributed by atoms with Gasteiger partial charge in [0.05, 0.1) is 5.39 Å². The second kappa shape index (κ2) is 10.8. The lowest BCUT2D eigenvalue weighted by Gasteiger charge is -2.11. The van der Waals surface area contributed by atoms with E-state index in [0.717, 1.165) is 12.8 Å². The fourth-order valence-corrected chi connectivity index (χ4v) is 3.42. The number of fused-ring (bicyclic) bond motifs is 2. The second-order valence-corrected chi connectivity index (χ2v) is 8.25. The Bertz CT molecular complexity index is 1350. The van der Waals surface area contributed by atoms with Gasteiger partial charge in [0.1, 0.15) is 40.4 Å². The summed E-state index contributed by atoms with van der Waals surface area (Å²) in [5.74, 6) is -0.434. The van der Waals surface area contributed by atoms with Crippen LogP contribution in [0.15, 0.2) is 62.8 Å². The molecule has 0 atom stereocenters. The lowest BCUT2D eigenvalue weighted by atomic mass is 10.1. The summed E-state index contributed by atoms with van der Waals surface area (Å²) in [5, 5.41) is 0.298. The first-order valence-electron chi connectivity index (χ1n) is 11.0. The molecule has 0 fully saturated rings. The highest BCUT2D eigenvalue weighted by Gasteiger charge is 2.17. The summed E-state index contributed by atoms with van der Waals surface area (Å²) in [6.45, 7) is 9.02. The number of ether oxygens (including phenoxy) is 3. The van der Waals surface area contributed by atoms with Crippen molar-refractivity contribution in [3.63, 3.8) is 0 Å².